The number of nitrogens with two attached hydrogens (primary N) is 1. The number of unbranched alkanes of at least 4 members (excludes halogenated alkanes) is 3. The zero-order valence-electron chi connectivity index (χ0n) is 27.4. The minimum Gasteiger partial charge on any atom is -0.444 e. The molecule has 0 aromatic heterocycles. The van der Waals surface area contributed by atoms with Crippen molar-refractivity contribution in [1.82, 2.24) is 10.2 Å². The molecule has 0 bridgehead atoms. The summed E-state index contributed by atoms with van der Waals surface area (Å²) in [5.41, 5.74) is 7.92. The summed E-state index contributed by atoms with van der Waals surface area (Å²) < 4.78 is 5.44. The molecule has 4 N–H and O–H groups in total. The Hall–Kier alpha value is -4.40. The van der Waals surface area contributed by atoms with Crippen molar-refractivity contribution in [3.05, 3.63) is 77.4 Å². The zero-order chi connectivity index (χ0) is 33.1. The van der Waals surface area contributed by atoms with Crippen LogP contribution in [-0.2, 0) is 19.1 Å². The summed E-state index contributed by atoms with van der Waals surface area (Å²) in [5.74, 6) is -1.48. The lowest BCUT2D eigenvalue weighted by atomic mass is 9.97. The van der Waals surface area contributed by atoms with Crippen LogP contribution in [-0.4, -0.2) is 46.9 Å². The number of hydrogen-bond donors (Lipinski definition) is 3. The molecule has 3 rings (SSSR count). The van der Waals surface area contributed by atoms with Crippen LogP contribution in [0.2, 0.25) is 0 Å². The number of fused-ring (bicyclic) bond motifs is 1. The predicted molar refractivity (Wildman–Crippen MR) is 179 cm³/mol. The standard InChI is InChI=1S/C36H48N4O5/c1-7-8-9-12-21-40(34(43)30(19-20-31(37)41)39-35(44)45-36(4,5)6)32(28-16-15-24(2)25(3)22-28)33(42)38-29-18-17-26-13-10-11-14-27(26)23-29/h10-11,13-18,22-23,30,32H,7-9,12,19-21H2,1-6H3,(H2,37,41)(H,38,42)(H,39,44). The van der Waals surface area contributed by atoms with E-state index in [0.29, 0.717) is 17.7 Å². The number of aryl methyl sites for hydroxylation is 2. The van der Waals surface area contributed by atoms with Gasteiger partial charge in [-0.3, -0.25) is 14.4 Å². The van der Waals surface area contributed by atoms with Gasteiger partial charge in [0.15, 0.2) is 0 Å². The third-order valence-corrected chi connectivity index (χ3v) is 7.63. The highest BCUT2D eigenvalue weighted by atomic mass is 16.6. The molecule has 3 aromatic carbocycles. The van der Waals surface area contributed by atoms with Gasteiger partial charge < -0.3 is 26.0 Å². The molecule has 0 heterocycles. The van der Waals surface area contributed by atoms with E-state index in [2.05, 4.69) is 17.6 Å². The molecule has 4 amide bonds. The summed E-state index contributed by atoms with van der Waals surface area (Å²) in [7, 11) is 0. The maximum Gasteiger partial charge on any atom is 0.408 e. The number of nitrogens with zero attached hydrogens (tertiary/aromatic N) is 1. The third kappa shape index (κ3) is 10.6. The Morgan fingerprint density at radius 1 is 0.889 bits per heavy atom. The summed E-state index contributed by atoms with van der Waals surface area (Å²) in [6.07, 6.45) is 2.52. The van der Waals surface area contributed by atoms with Crippen molar-refractivity contribution >= 4 is 40.3 Å². The van der Waals surface area contributed by atoms with Gasteiger partial charge in [-0.1, -0.05) is 74.7 Å². The summed E-state index contributed by atoms with van der Waals surface area (Å²) >= 11 is 0. The Bertz CT molecular complexity index is 1500. The number of benzene rings is 3. The number of rotatable bonds is 14. The van der Waals surface area contributed by atoms with Gasteiger partial charge in [-0.25, -0.2) is 4.79 Å². The first-order valence-corrected chi connectivity index (χ1v) is 15.7. The third-order valence-electron chi connectivity index (χ3n) is 7.63. The SMILES string of the molecule is CCCCCCN(C(=O)C(CCC(N)=O)NC(=O)OC(C)(C)C)C(C(=O)Nc1ccc2ccccc2c1)c1ccc(C)c(C)c1. The Labute approximate surface area is 266 Å². The van der Waals surface area contributed by atoms with Gasteiger partial charge >= 0.3 is 6.09 Å². The van der Waals surface area contributed by atoms with Gasteiger partial charge in [0.2, 0.25) is 11.8 Å². The van der Waals surface area contributed by atoms with E-state index in [1.165, 1.54) is 4.90 Å². The lowest BCUT2D eigenvalue weighted by molar-refractivity contribution is -0.141. The summed E-state index contributed by atoms with van der Waals surface area (Å²) in [6, 6.07) is 17.1. The monoisotopic (exact) mass is 616 g/mol. The molecule has 2 atom stereocenters. The second-order valence-corrected chi connectivity index (χ2v) is 12.6. The van der Waals surface area contributed by atoms with Crippen molar-refractivity contribution in [3.8, 4) is 0 Å². The largest absolute Gasteiger partial charge is 0.444 e. The van der Waals surface area contributed by atoms with Crippen LogP contribution in [0, 0.1) is 13.8 Å². The van der Waals surface area contributed by atoms with Crippen LogP contribution in [0.15, 0.2) is 60.7 Å². The first-order valence-electron chi connectivity index (χ1n) is 15.7. The normalized spacial score (nSPS) is 12.7. The fourth-order valence-corrected chi connectivity index (χ4v) is 5.15. The van der Waals surface area contributed by atoms with Crippen molar-refractivity contribution in [2.45, 2.75) is 97.8 Å². The first kappa shape index (κ1) is 35.1. The number of carbonyl (C=O) groups excluding carboxylic acids is 4. The van der Waals surface area contributed by atoms with Crippen molar-refractivity contribution in [1.29, 1.82) is 0 Å². The van der Waals surface area contributed by atoms with Crippen molar-refractivity contribution in [2.24, 2.45) is 5.73 Å². The van der Waals surface area contributed by atoms with E-state index in [1.54, 1.807) is 20.8 Å². The van der Waals surface area contributed by atoms with Crippen LogP contribution in [0.5, 0.6) is 0 Å². The van der Waals surface area contributed by atoms with E-state index in [4.69, 9.17) is 10.5 Å². The highest BCUT2D eigenvalue weighted by molar-refractivity contribution is 6.00. The first-order chi connectivity index (χ1) is 21.3. The molecular formula is C36H48N4O5. The van der Waals surface area contributed by atoms with Gasteiger partial charge in [0, 0.05) is 18.7 Å². The molecular weight excluding hydrogens is 568 g/mol. The van der Waals surface area contributed by atoms with E-state index in [1.807, 2.05) is 74.5 Å². The van der Waals surface area contributed by atoms with Crippen LogP contribution in [0.4, 0.5) is 10.5 Å². The van der Waals surface area contributed by atoms with Crippen molar-refractivity contribution < 1.29 is 23.9 Å². The second-order valence-electron chi connectivity index (χ2n) is 12.6. The summed E-state index contributed by atoms with van der Waals surface area (Å²) in [4.78, 5) is 54.9. The molecule has 0 saturated heterocycles. The van der Waals surface area contributed by atoms with Crippen LogP contribution < -0.4 is 16.4 Å². The van der Waals surface area contributed by atoms with Gasteiger partial charge in [0.25, 0.3) is 5.91 Å². The van der Waals surface area contributed by atoms with Crippen LogP contribution in [0.1, 0.15) is 89.0 Å². The van der Waals surface area contributed by atoms with Gasteiger partial charge in [0.05, 0.1) is 0 Å². The molecule has 0 aliphatic heterocycles. The maximum atomic E-state index is 14.4. The zero-order valence-corrected chi connectivity index (χ0v) is 27.4. The quantitative estimate of drug-likeness (QED) is 0.173. The fourth-order valence-electron chi connectivity index (χ4n) is 5.15. The Morgan fingerprint density at radius 3 is 2.24 bits per heavy atom. The number of primary amides is 1. The average molecular weight is 617 g/mol. The number of carbonyl (C=O) groups is 4. The summed E-state index contributed by atoms with van der Waals surface area (Å²) in [6.45, 7) is 11.5. The van der Waals surface area contributed by atoms with E-state index >= 15 is 0 Å². The highest BCUT2D eigenvalue weighted by Gasteiger charge is 2.36. The van der Waals surface area contributed by atoms with Crippen LogP contribution >= 0.6 is 0 Å². The molecule has 45 heavy (non-hydrogen) atoms. The lowest BCUT2D eigenvalue weighted by Crippen LogP contribution is -2.52. The molecule has 0 aliphatic rings. The second kappa shape index (κ2) is 16.1. The van der Waals surface area contributed by atoms with E-state index in [9.17, 15) is 19.2 Å². The molecule has 0 saturated carbocycles. The van der Waals surface area contributed by atoms with Crippen molar-refractivity contribution in [3.63, 3.8) is 0 Å². The number of nitrogens with one attached hydrogen (secondary N) is 2. The van der Waals surface area contributed by atoms with Crippen molar-refractivity contribution in [2.75, 3.05) is 11.9 Å². The topological polar surface area (TPSA) is 131 Å². The Balaban J connectivity index is 2.07. The fraction of sp³-hybridized carbons (Fsp3) is 0.444. The number of anilines is 1. The molecule has 9 nitrogen and oxygen atoms in total. The number of hydrogen-bond acceptors (Lipinski definition) is 5. The lowest BCUT2D eigenvalue weighted by Gasteiger charge is -2.35. The van der Waals surface area contributed by atoms with Gasteiger partial charge in [-0.05, 0) is 87.1 Å². The molecule has 0 fully saturated rings. The Morgan fingerprint density at radius 2 is 1.60 bits per heavy atom. The van der Waals surface area contributed by atoms with E-state index < -0.39 is 35.6 Å². The molecule has 242 valence electrons. The molecule has 3 aromatic rings. The van der Waals surface area contributed by atoms with E-state index in [0.717, 1.165) is 41.2 Å². The predicted octanol–water partition coefficient (Wildman–Crippen LogP) is 6.70. The molecule has 2 unspecified atom stereocenters. The van der Waals surface area contributed by atoms with Gasteiger partial charge in [0.1, 0.15) is 17.7 Å². The minimum atomic E-state index is -1.14. The van der Waals surface area contributed by atoms with Crippen LogP contribution in [0.25, 0.3) is 10.8 Å². The maximum absolute atomic E-state index is 14.4. The van der Waals surface area contributed by atoms with Gasteiger partial charge in [-0.2, -0.15) is 0 Å². The molecule has 9 heteroatoms. The Kier molecular flexibility index (Phi) is 12.5. The molecule has 0 aliphatic carbocycles. The minimum absolute atomic E-state index is 0.0369. The molecule has 0 radical (unpaired) electrons. The van der Waals surface area contributed by atoms with E-state index in [-0.39, 0.29) is 25.3 Å². The smallest absolute Gasteiger partial charge is 0.408 e. The average Bonchev–Trinajstić information content (AvgIpc) is 2.97. The summed E-state index contributed by atoms with van der Waals surface area (Å²) in [5, 5.41) is 7.71. The number of ether oxygens (including phenoxy) is 1. The van der Waals surface area contributed by atoms with Crippen LogP contribution in [0.3, 0.4) is 0 Å². The number of amides is 4. The molecule has 0 spiro atoms. The number of alkyl carbamates (subject to hydrolysis) is 1. The van der Waals surface area contributed by atoms with Gasteiger partial charge in [-0.15, -0.1) is 0 Å². The highest BCUT2D eigenvalue weighted by Crippen LogP contribution is 2.28.